The predicted octanol–water partition coefficient (Wildman–Crippen LogP) is 5.04. The standard InChI is InChI=1S/C17H25NO/c1-2-3-4-5-6-7-8-12-15-18-17(19)16-13-10-9-11-14-16/h9-11,13-15H,2-8,12H2,1H3. The number of nitrogens with zero attached hydrogens (tertiary/aromatic N) is 1. The zero-order chi connectivity index (χ0) is 13.8. The second-order valence-corrected chi connectivity index (χ2v) is 4.89. The van der Waals surface area contributed by atoms with Gasteiger partial charge in [0.2, 0.25) is 0 Å². The van der Waals surface area contributed by atoms with E-state index >= 15 is 0 Å². The minimum absolute atomic E-state index is 0.136. The van der Waals surface area contributed by atoms with Crippen molar-refractivity contribution in [3.8, 4) is 0 Å². The van der Waals surface area contributed by atoms with Crippen LogP contribution < -0.4 is 0 Å². The number of carbonyl (C=O) groups is 1. The molecule has 0 spiro atoms. The van der Waals surface area contributed by atoms with Crippen LogP contribution in [-0.2, 0) is 0 Å². The van der Waals surface area contributed by atoms with Gasteiger partial charge in [-0.1, -0.05) is 63.6 Å². The van der Waals surface area contributed by atoms with E-state index in [1.807, 2.05) is 18.2 Å². The lowest BCUT2D eigenvalue weighted by Crippen LogP contribution is -1.94. The van der Waals surface area contributed by atoms with Crippen LogP contribution in [-0.4, -0.2) is 12.1 Å². The number of carbonyl (C=O) groups excluding carboxylic acids is 1. The molecular weight excluding hydrogens is 234 g/mol. The number of hydrogen-bond donors (Lipinski definition) is 0. The van der Waals surface area contributed by atoms with Crippen LogP contribution in [0.15, 0.2) is 35.3 Å². The molecule has 1 aromatic rings. The Labute approximate surface area is 117 Å². The fourth-order valence-corrected chi connectivity index (χ4v) is 2.00. The molecular formula is C17H25NO. The molecule has 0 saturated heterocycles. The molecule has 19 heavy (non-hydrogen) atoms. The third kappa shape index (κ3) is 7.55. The molecule has 2 nitrogen and oxygen atoms in total. The van der Waals surface area contributed by atoms with E-state index in [2.05, 4.69) is 11.9 Å². The summed E-state index contributed by atoms with van der Waals surface area (Å²) in [4.78, 5) is 15.6. The maximum absolute atomic E-state index is 11.7. The zero-order valence-electron chi connectivity index (χ0n) is 12.0. The predicted molar refractivity (Wildman–Crippen MR) is 81.9 cm³/mol. The summed E-state index contributed by atoms with van der Waals surface area (Å²) in [6, 6.07) is 9.22. The van der Waals surface area contributed by atoms with Crippen molar-refractivity contribution in [2.45, 2.75) is 58.3 Å². The van der Waals surface area contributed by atoms with Crippen molar-refractivity contribution in [3.63, 3.8) is 0 Å². The van der Waals surface area contributed by atoms with Gasteiger partial charge < -0.3 is 0 Å². The van der Waals surface area contributed by atoms with Crippen LogP contribution in [0.5, 0.6) is 0 Å². The van der Waals surface area contributed by atoms with Crippen LogP contribution in [0, 0.1) is 0 Å². The van der Waals surface area contributed by atoms with Gasteiger partial charge in [0, 0.05) is 11.8 Å². The number of amides is 1. The van der Waals surface area contributed by atoms with Gasteiger partial charge in [-0.15, -0.1) is 0 Å². The average Bonchev–Trinajstić information content (AvgIpc) is 2.46. The van der Waals surface area contributed by atoms with Crippen LogP contribution in [0.2, 0.25) is 0 Å². The van der Waals surface area contributed by atoms with Crippen molar-refractivity contribution >= 4 is 12.1 Å². The monoisotopic (exact) mass is 259 g/mol. The van der Waals surface area contributed by atoms with Gasteiger partial charge in [-0.25, -0.2) is 4.99 Å². The minimum atomic E-state index is -0.136. The lowest BCUT2D eigenvalue weighted by atomic mass is 10.1. The van der Waals surface area contributed by atoms with E-state index in [0.29, 0.717) is 5.56 Å². The summed E-state index contributed by atoms with van der Waals surface area (Å²) in [6.07, 6.45) is 11.7. The summed E-state index contributed by atoms with van der Waals surface area (Å²) in [5, 5.41) is 0. The highest BCUT2D eigenvalue weighted by Gasteiger charge is 1.99. The molecule has 0 N–H and O–H groups in total. The van der Waals surface area contributed by atoms with Crippen molar-refractivity contribution in [1.29, 1.82) is 0 Å². The first-order chi connectivity index (χ1) is 9.34. The summed E-state index contributed by atoms with van der Waals surface area (Å²) in [5.74, 6) is -0.136. The molecule has 1 aromatic carbocycles. The Kier molecular flexibility index (Phi) is 8.61. The van der Waals surface area contributed by atoms with E-state index in [9.17, 15) is 4.79 Å². The number of rotatable bonds is 9. The first kappa shape index (κ1) is 15.6. The molecule has 104 valence electrons. The van der Waals surface area contributed by atoms with Crippen LogP contribution in [0.3, 0.4) is 0 Å². The molecule has 0 radical (unpaired) electrons. The number of aliphatic imine (C=N–C) groups is 1. The van der Waals surface area contributed by atoms with Gasteiger partial charge in [0.15, 0.2) is 0 Å². The molecule has 0 atom stereocenters. The van der Waals surface area contributed by atoms with Crippen molar-refractivity contribution in [2.24, 2.45) is 4.99 Å². The molecule has 2 heteroatoms. The van der Waals surface area contributed by atoms with Crippen LogP contribution in [0.4, 0.5) is 0 Å². The maximum Gasteiger partial charge on any atom is 0.276 e. The highest BCUT2D eigenvalue weighted by atomic mass is 16.1. The molecule has 0 bridgehead atoms. The molecule has 0 saturated carbocycles. The van der Waals surface area contributed by atoms with Crippen LogP contribution in [0.1, 0.15) is 68.6 Å². The molecule has 0 fully saturated rings. The van der Waals surface area contributed by atoms with Gasteiger partial charge in [-0.3, -0.25) is 4.79 Å². The van der Waals surface area contributed by atoms with Gasteiger partial charge in [-0.05, 0) is 25.0 Å². The molecule has 0 aliphatic rings. The number of hydrogen-bond acceptors (Lipinski definition) is 1. The SMILES string of the molecule is CCCCCCCCCC=NC(=O)c1ccccc1. The van der Waals surface area contributed by atoms with E-state index in [4.69, 9.17) is 0 Å². The summed E-state index contributed by atoms with van der Waals surface area (Å²) in [6.45, 7) is 2.24. The zero-order valence-corrected chi connectivity index (χ0v) is 12.0. The minimum Gasteiger partial charge on any atom is -0.267 e. The van der Waals surface area contributed by atoms with Crippen molar-refractivity contribution < 1.29 is 4.79 Å². The second-order valence-electron chi connectivity index (χ2n) is 4.89. The molecule has 1 amide bonds. The second kappa shape index (κ2) is 10.5. The average molecular weight is 259 g/mol. The lowest BCUT2D eigenvalue weighted by molar-refractivity contribution is 0.100. The normalized spacial score (nSPS) is 11.0. The molecule has 0 unspecified atom stereocenters. The maximum atomic E-state index is 11.7. The summed E-state index contributed by atoms with van der Waals surface area (Å²) < 4.78 is 0. The van der Waals surface area contributed by atoms with Gasteiger partial charge in [-0.2, -0.15) is 0 Å². The number of unbranched alkanes of at least 4 members (excludes halogenated alkanes) is 7. The number of benzene rings is 1. The Morgan fingerprint density at radius 2 is 1.63 bits per heavy atom. The van der Waals surface area contributed by atoms with Crippen molar-refractivity contribution in [1.82, 2.24) is 0 Å². The van der Waals surface area contributed by atoms with Gasteiger partial charge in [0.05, 0.1) is 0 Å². The Bertz CT molecular complexity index is 370. The topological polar surface area (TPSA) is 29.4 Å². The molecule has 0 aliphatic carbocycles. The quantitative estimate of drug-likeness (QED) is 0.451. The first-order valence-corrected chi connectivity index (χ1v) is 7.46. The van der Waals surface area contributed by atoms with Crippen molar-refractivity contribution in [2.75, 3.05) is 0 Å². The van der Waals surface area contributed by atoms with E-state index in [1.165, 1.54) is 38.5 Å². The Morgan fingerprint density at radius 3 is 2.32 bits per heavy atom. The molecule has 1 rings (SSSR count). The van der Waals surface area contributed by atoms with E-state index < -0.39 is 0 Å². The first-order valence-electron chi connectivity index (χ1n) is 7.46. The van der Waals surface area contributed by atoms with Gasteiger partial charge in [0.1, 0.15) is 0 Å². The summed E-state index contributed by atoms with van der Waals surface area (Å²) in [5.41, 5.74) is 0.665. The van der Waals surface area contributed by atoms with Crippen molar-refractivity contribution in [3.05, 3.63) is 35.9 Å². The highest BCUT2D eigenvalue weighted by Crippen LogP contribution is 2.08. The third-order valence-electron chi connectivity index (χ3n) is 3.17. The fourth-order valence-electron chi connectivity index (χ4n) is 2.00. The Hall–Kier alpha value is -1.44. The van der Waals surface area contributed by atoms with Gasteiger partial charge in [0.25, 0.3) is 5.91 Å². The Morgan fingerprint density at radius 1 is 1.00 bits per heavy atom. The molecule has 0 aliphatic heterocycles. The van der Waals surface area contributed by atoms with E-state index in [-0.39, 0.29) is 5.91 Å². The van der Waals surface area contributed by atoms with Gasteiger partial charge >= 0.3 is 0 Å². The lowest BCUT2D eigenvalue weighted by Gasteiger charge is -1.98. The third-order valence-corrected chi connectivity index (χ3v) is 3.17. The largest absolute Gasteiger partial charge is 0.276 e. The molecule has 0 aromatic heterocycles. The summed E-state index contributed by atoms with van der Waals surface area (Å²) >= 11 is 0. The van der Waals surface area contributed by atoms with Crippen LogP contribution in [0.25, 0.3) is 0 Å². The molecule has 0 heterocycles. The van der Waals surface area contributed by atoms with E-state index in [1.54, 1.807) is 18.3 Å². The van der Waals surface area contributed by atoms with E-state index in [0.717, 1.165) is 12.8 Å². The van der Waals surface area contributed by atoms with Crippen LogP contribution >= 0.6 is 0 Å². The highest BCUT2D eigenvalue weighted by molar-refractivity contribution is 5.98. The smallest absolute Gasteiger partial charge is 0.267 e. The summed E-state index contributed by atoms with van der Waals surface area (Å²) in [7, 11) is 0. The fraction of sp³-hybridized carbons (Fsp3) is 0.529. The Balaban J connectivity index is 2.06.